The standard InChI is InChI=1S/C18H21ClN4O2S/c19-13-6-8-14(9-7-13)20-15(24)10-11-16(25)21-18-23-22-17(26-18)12-4-2-1-3-5-12/h6-9,12H,1-5,10-11H2,(H,20,24)(H,21,23,25). The first-order chi connectivity index (χ1) is 12.6. The maximum atomic E-state index is 12.0. The predicted molar refractivity (Wildman–Crippen MR) is 104 cm³/mol. The molecule has 1 heterocycles. The second-order valence-electron chi connectivity index (χ2n) is 6.38. The molecule has 138 valence electrons. The molecule has 2 aromatic rings. The zero-order valence-corrected chi connectivity index (χ0v) is 15.9. The lowest BCUT2D eigenvalue weighted by atomic mass is 9.90. The number of anilines is 2. The number of nitrogens with zero attached hydrogens (tertiary/aromatic N) is 2. The van der Waals surface area contributed by atoms with E-state index in [1.165, 1.54) is 30.6 Å². The molecule has 2 amide bonds. The van der Waals surface area contributed by atoms with Gasteiger partial charge in [-0.1, -0.05) is 42.2 Å². The molecule has 0 bridgehead atoms. The van der Waals surface area contributed by atoms with Gasteiger partial charge >= 0.3 is 0 Å². The first-order valence-corrected chi connectivity index (χ1v) is 9.98. The highest BCUT2D eigenvalue weighted by Gasteiger charge is 2.20. The summed E-state index contributed by atoms with van der Waals surface area (Å²) in [5.74, 6) is 0.0160. The molecular weight excluding hydrogens is 372 g/mol. The number of carbonyl (C=O) groups excluding carboxylic acids is 2. The second kappa shape index (κ2) is 9.09. The molecule has 1 saturated carbocycles. The minimum Gasteiger partial charge on any atom is -0.326 e. The highest BCUT2D eigenvalue weighted by atomic mass is 35.5. The van der Waals surface area contributed by atoms with Gasteiger partial charge in [0.2, 0.25) is 16.9 Å². The zero-order chi connectivity index (χ0) is 18.4. The molecule has 0 atom stereocenters. The fourth-order valence-electron chi connectivity index (χ4n) is 2.97. The summed E-state index contributed by atoms with van der Waals surface area (Å²) in [6, 6.07) is 6.83. The van der Waals surface area contributed by atoms with Crippen LogP contribution in [0.15, 0.2) is 24.3 Å². The van der Waals surface area contributed by atoms with Crippen LogP contribution in [0.5, 0.6) is 0 Å². The third-order valence-corrected chi connectivity index (χ3v) is 5.60. The summed E-state index contributed by atoms with van der Waals surface area (Å²) in [5.41, 5.74) is 0.654. The van der Waals surface area contributed by atoms with E-state index in [4.69, 9.17) is 11.6 Å². The number of rotatable bonds is 6. The van der Waals surface area contributed by atoms with Gasteiger partial charge in [0.1, 0.15) is 5.01 Å². The highest BCUT2D eigenvalue weighted by Crippen LogP contribution is 2.35. The van der Waals surface area contributed by atoms with Gasteiger partial charge in [-0.25, -0.2) is 0 Å². The number of amides is 2. The molecule has 0 spiro atoms. The molecule has 0 aliphatic heterocycles. The van der Waals surface area contributed by atoms with Crippen LogP contribution in [0.2, 0.25) is 5.02 Å². The lowest BCUT2D eigenvalue weighted by Gasteiger charge is -2.18. The molecule has 8 heteroatoms. The summed E-state index contributed by atoms with van der Waals surface area (Å²) in [7, 11) is 0. The van der Waals surface area contributed by atoms with E-state index in [1.807, 2.05) is 0 Å². The predicted octanol–water partition coefficient (Wildman–Crippen LogP) is 4.60. The average Bonchev–Trinajstić information content (AvgIpc) is 3.11. The molecule has 1 aromatic heterocycles. The summed E-state index contributed by atoms with van der Waals surface area (Å²) in [6.45, 7) is 0. The Kier molecular flexibility index (Phi) is 6.57. The van der Waals surface area contributed by atoms with Crippen LogP contribution >= 0.6 is 22.9 Å². The Morgan fingerprint density at radius 1 is 1.00 bits per heavy atom. The normalized spacial score (nSPS) is 14.8. The van der Waals surface area contributed by atoms with Crippen molar-refractivity contribution in [3.8, 4) is 0 Å². The van der Waals surface area contributed by atoms with Crippen LogP contribution in [0, 0.1) is 0 Å². The molecule has 3 rings (SSSR count). The molecule has 26 heavy (non-hydrogen) atoms. The van der Waals surface area contributed by atoms with Gasteiger partial charge in [0, 0.05) is 29.5 Å². The number of halogens is 1. The quantitative estimate of drug-likeness (QED) is 0.752. The third-order valence-electron chi connectivity index (χ3n) is 4.35. The van der Waals surface area contributed by atoms with E-state index >= 15 is 0 Å². The van der Waals surface area contributed by atoms with E-state index in [0.717, 1.165) is 17.8 Å². The Morgan fingerprint density at radius 3 is 2.35 bits per heavy atom. The molecule has 0 radical (unpaired) electrons. The monoisotopic (exact) mass is 392 g/mol. The second-order valence-corrected chi connectivity index (χ2v) is 7.83. The van der Waals surface area contributed by atoms with Crippen LogP contribution in [-0.4, -0.2) is 22.0 Å². The van der Waals surface area contributed by atoms with Crippen molar-refractivity contribution in [3.63, 3.8) is 0 Å². The van der Waals surface area contributed by atoms with Gasteiger partial charge in [0.25, 0.3) is 0 Å². The number of hydrogen-bond donors (Lipinski definition) is 2. The molecule has 6 nitrogen and oxygen atoms in total. The van der Waals surface area contributed by atoms with E-state index < -0.39 is 0 Å². The van der Waals surface area contributed by atoms with E-state index in [9.17, 15) is 9.59 Å². The van der Waals surface area contributed by atoms with Crippen LogP contribution in [0.1, 0.15) is 55.9 Å². The molecule has 1 aliphatic rings. The largest absolute Gasteiger partial charge is 0.326 e. The summed E-state index contributed by atoms with van der Waals surface area (Å²) < 4.78 is 0. The van der Waals surface area contributed by atoms with Crippen LogP contribution in [0.25, 0.3) is 0 Å². The van der Waals surface area contributed by atoms with Gasteiger partial charge in [-0.2, -0.15) is 0 Å². The van der Waals surface area contributed by atoms with Gasteiger partial charge in [0.05, 0.1) is 0 Å². The summed E-state index contributed by atoms with van der Waals surface area (Å²) in [6.07, 6.45) is 6.24. The molecule has 0 saturated heterocycles. The van der Waals surface area contributed by atoms with E-state index in [2.05, 4.69) is 20.8 Å². The van der Waals surface area contributed by atoms with E-state index in [1.54, 1.807) is 24.3 Å². The van der Waals surface area contributed by atoms with Crippen molar-refractivity contribution in [2.45, 2.75) is 50.9 Å². The number of aromatic nitrogens is 2. The van der Waals surface area contributed by atoms with E-state index in [-0.39, 0.29) is 24.7 Å². The molecule has 1 fully saturated rings. The molecule has 0 unspecified atom stereocenters. The Balaban J connectivity index is 1.43. The van der Waals surface area contributed by atoms with Crippen molar-refractivity contribution in [1.82, 2.24) is 10.2 Å². The van der Waals surface area contributed by atoms with Crippen molar-refractivity contribution < 1.29 is 9.59 Å². The average molecular weight is 393 g/mol. The van der Waals surface area contributed by atoms with Crippen molar-refractivity contribution in [2.24, 2.45) is 0 Å². The smallest absolute Gasteiger partial charge is 0.226 e. The van der Waals surface area contributed by atoms with Crippen LogP contribution in [-0.2, 0) is 9.59 Å². The van der Waals surface area contributed by atoms with Crippen molar-refractivity contribution in [3.05, 3.63) is 34.3 Å². The third kappa shape index (κ3) is 5.51. The van der Waals surface area contributed by atoms with Crippen LogP contribution in [0.4, 0.5) is 10.8 Å². The SMILES string of the molecule is O=C(CCC(=O)Nc1nnc(C2CCCCC2)s1)Nc1ccc(Cl)cc1. The van der Waals surface area contributed by atoms with Gasteiger partial charge in [-0.3, -0.25) is 9.59 Å². The zero-order valence-electron chi connectivity index (χ0n) is 14.3. The molecular formula is C18H21ClN4O2S. The molecule has 1 aromatic carbocycles. The fourth-order valence-corrected chi connectivity index (χ4v) is 4.02. The first kappa shape index (κ1) is 18.8. The number of benzene rings is 1. The lowest BCUT2D eigenvalue weighted by molar-refractivity contribution is -0.121. The maximum absolute atomic E-state index is 12.0. The van der Waals surface area contributed by atoms with Crippen LogP contribution in [0.3, 0.4) is 0 Å². The first-order valence-electron chi connectivity index (χ1n) is 8.79. The summed E-state index contributed by atoms with van der Waals surface area (Å²) in [4.78, 5) is 23.9. The summed E-state index contributed by atoms with van der Waals surface area (Å²) in [5, 5.41) is 15.9. The van der Waals surface area contributed by atoms with Gasteiger partial charge < -0.3 is 10.6 Å². The van der Waals surface area contributed by atoms with Gasteiger partial charge in [0.15, 0.2) is 0 Å². The minimum absolute atomic E-state index is 0.0950. The van der Waals surface area contributed by atoms with Crippen molar-refractivity contribution in [1.29, 1.82) is 0 Å². The highest BCUT2D eigenvalue weighted by molar-refractivity contribution is 7.15. The Bertz CT molecular complexity index is 757. The number of nitrogens with one attached hydrogen (secondary N) is 2. The van der Waals surface area contributed by atoms with Crippen molar-refractivity contribution in [2.75, 3.05) is 10.6 Å². The Hall–Kier alpha value is -1.99. The van der Waals surface area contributed by atoms with Gasteiger partial charge in [-0.05, 0) is 37.1 Å². The van der Waals surface area contributed by atoms with E-state index in [0.29, 0.717) is 21.8 Å². The van der Waals surface area contributed by atoms with Crippen molar-refractivity contribution >= 4 is 45.6 Å². The summed E-state index contributed by atoms with van der Waals surface area (Å²) >= 11 is 7.24. The lowest BCUT2D eigenvalue weighted by Crippen LogP contribution is -2.17. The minimum atomic E-state index is -0.234. The number of carbonyl (C=O) groups is 2. The fraction of sp³-hybridized carbons (Fsp3) is 0.444. The topological polar surface area (TPSA) is 84.0 Å². The number of hydrogen-bond acceptors (Lipinski definition) is 5. The van der Waals surface area contributed by atoms with Gasteiger partial charge in [-0.15, -0.1) is 10.2 Å². The van der Waals surface area contributed by atoms with Crippen LogP contribution < -0.4 is 10.6 Å². The Labute approximate surface area is 161 Å². The molecule has 1 aliphatic carbocycles. The maximum Gasteiger partial charge on any atom is 0.226 e. The molecule has 2 N–H and O–H groups in total. The Morgan fingerprint density at radius 2 is 1.65 bits per heavy atom.